The Kier molecular flexibility index (Phi) is 5.39. The van der Waals surface area contributed by atoms with Crippen molar-refractivity contribution in [1.82, 2.24) is 15.3 Å². The number of aromatic nitrogens is 2. The van der Waals surface area contributed by atoms with E-state index in [0.717, 1.165) is 28.3 Å². The molecule has 1 atom stereocenters. The lowest BCUT2D eigenvalue weighted by atomic mass is 10.00. The van der Waals surface area contributed by atoms with E-state index >= 15 is 0 Å². The molecule has 1 heterocycles. The first kappa shape index (κ1) is 17.7. The second-order valence-electron chi connectivity index (χ2n) is 6.07. The number of carbonyl (C=O) groups excluding carboxylic acids is 1. The summed E-state index contributed by atoms with van der Waals surface area (Å²) in [5.74, 6) is 0.0350. The summed E-state index contributed by atoms with van der Waals surface area (Å²) in [5.41, 5.74) is 3.47. The first-order valence-corrected chi connectivity index (χ1v) is 7.87. The number of phenols is 2. The molecule has 1 amide bonds. The zero-order valence-electron chi connectivity index (χ0n) is 14.4. The maximum Gasteiger partial charge on any atom is 0.223 e. The van der Waals surface area contributed by atoms with Crippen molar-refractivity contribution in [3.63, 3.8) is 0 Å². The quantitative estimate of drug-likeness (QED) is 0.732. The van der Waals surface area contributed by atoms with Gasteiger partial charge in [0, 0.05) is 29.4 Å². The SMILES string of the molecule is Cc1nc(C)c(CNC(=O)C(C)Cc2ccc(O)c(O)c2)c(C)n1. The van der Waals surface area contributed by atoms with E-state index in [1.54, 1.807) is 6.07 Å². The molecule has 2 aromatic rings. The van der Waals surface area contributed by atoms with Crippen LogP contribution in [0.15, 0.2) is 18.2 Å². The summed E-state index contributed by atoms with van der Waals surface area (Å²) in [5, 5.41) is 21.8. The Labute approximate surface area is 141 Å². The molecule has 1 unspecified atom stereocenters. The number of phenolic OH excluding ortho intramolecular Hbond substituents is 2. The summed E-state index contributed by atoms with van der Waals surface area (Å²) in [7, 11) is 0. The van der Waals surface area contributed by atoms with E-state index in [9.17, 15) is 15.0 Å². The molecule has 0 fully saturated rings. The molecular formula is C18H23N3O3. The van der Waals surface area contributed by atoms with Crippen LogP contribution in [0.5, 0.6) is 11.5 Å². The van der Waals surface area contributed by atoms with Crippen LogP contribution in [0, 0.1) is 26.7 Å². The molecule has 6 nitrogen and oxygen atoms in total. The zero-order chi connectivity index (χ0) is 17.9. The molecule has 0 radical (unpaired) electrons. The Hall–Kier alpha value is -2.63. The molecule has 0 aliphatic carbocycles. The Balaban J connectivity index is 1.98. The number of amides is 1. The average Bonchev–Trinajstić information content (AvgIpc) is 2.49. The fourth-order valence-electron chi connectivity index (χ4n) is 2.65. The molecule has 24 heavy (non-hydrogen) atoms. The lowest BCUT2D eigenvalue weighted by Gasteiger charge is -2.15. The standard InChI is InChI=1S/C18H23N3O3/c1-10(7-14-5-6-16(22)17(23)8-14)18(24)19-9-15-11(2)20-13(4)21-12(15)3/h5-6,8,10,22-23H,7,9H2,1-4H3,(H,19,24). The second-order valence-corrected chi connectivity index (χ2v) is 6.07. The van der Waals surface area contributed by atoms with Gasteiger partial charge in [-0.25, -0.2) is 9.97 Å². The van der Waals surface area contributed by atoms with E-state index in [1.165, 1.54) is 12.1 Å². The molecule has 0 aliphatic heterocycles. The van der Waals surface area contributed by atoms with Gasteiger partial charge in [0.1, 0.15) is 5.82 Å². The molecule has 0 saturated heterocycles. The first-order valence-electron chi connectivity index (χ1n) is 7.87. The summed E-state index contributed by atoms with van der Waals surface area (Å²) < 4.78 is 0. The third-order valence-corrected chi connectivity index (χ3v) is 4.00. The molecule has 6 heteroatoms. The molecule has 0 spiro atoms. The lowest BCUT2D eigenvalue weighted by Crippen LogP contribution is -2.30. The fourth-order valence-corrected chi connectivity index (χ4v) is 2.65. The smallest absolute Gasteiger partial charge is 0.223 e. The van der Waals surface area contributed by atoms with Gasteiger partial charge in [0.05, 0.1) is 0 Å². The average molecular weight is 329 g/mol. The largest absolute Gasteiger partial charge is 0.504 e. The maximum atomic E-state index is 12.3. The summed E-state index contributed by atoms with van der Waals surface area (Å²) in [6.07, 6.45) is 0.474. The normalized spacial score (nSPS) is 12.0. The van der Waals surface area contributed by atoms with E-state index in [4.69, 9.17) is 0 Å². The Bertz CT molecular complexity index is 736. The van der Waals surface area contributed by atoms with Crippen molar-refractivity contribution in [3.05, 3.63) is 46.5 Å². The van der Waals surface area contributed by atoms with Crippen LogP contribution in [0.25, 0.3) is 0 Å². The van der Waals surface area contributed by atoms with Crippen LogP contribution in [0.2, 0.25) is 0 Å². The van der Waals surface area contributed by atoms with Gasteiger partial charge in [0.15, 0.2) is 11.5 Å². The van der Waals surface area contributed by atoms with Gasteiger partial charge < -0.3 is 15.5 Å². The monoisotopic (exact) mass is 329 g/mol. The Morgan fingerprint density at radius 2 is 1.75 bits per heavy atom. The van der Waals surface area contributed by atoms with Crippen molar-refractivity contribution in [1.29, 1.82) is 0 Å². The molecule has 0 bridgehead atoms. The minimum Gasteiger partial charge on any atom is -0.504 e. The number of nitrogens with one attached hydrogen (secondary N) is 1. The van der Waals surface area contributed by atoms with Crippen LogP contribution in [0.1, 0.15) is 35.3 Å². The second kappa shape index (κ2) is 7.29. The number of hydrogen-bond acceptors (Lipinski definition) is 5. The van der Waals surface area contributed by atoms with Gasteiger partial charge in [-0.2, -0.15) is 0 Å². The lowest BCUT2D eigenvalue weighted by molar-refractivity contribution is -0.124. The molecule has 128 valence electrons. The number of benzene rings is 1. The van der Waals surface area contributed by atoms with Gasteiger partial charge in [-0.05, 0) is 44.9 Å². The van der Waals surface area contributed by atoms with Crippen molar-refractivity contribution in [2.45, 2.75) is 40.7 Å². The van der Waals surface area contributed by atoms with Gasteiger partial charge in [0.2, 0.25) is 5.91 Å². The predicted octanol–water partition coefficient (Wildman–Crippen LogP) is 2.31. The maximum absolute atomic E-state index is 12.3. The zero-order valence-corrected chi connectivity index (χ0v) is 14.4. The highest BCUT2D eigenvalue weighted by Crippen LogP contribution is 2.26. The van der Waals surface area contributed by atoms with Gasteiger partial charge in [-0.1, -0.05) is 13.0 Å². The summed E-state index contributed by atoms with van der Waals surface area (Å²) in [4.78, 5) is 21.0. The minimum atomic E-state index is -0.263. The van der Waals surface area contributed by atoms with E-state index < -0.39 is 0 Å². The van der Waals surface area contributed by atoms with Crippen LogP contribution in [-0.4, -0.2) is 26.1 Å². The first-order chi connectivity index (χ1) is 11.3. The molecule has 0 saturated carbocycles. The number of rotatable bonds is 5. The van der Waals surface area contributed by atoms with Crippen molar-refractivity contribution >= 4 is 5.91 Å². The minimum absolute atomic E-state index is 0.0815. The molecule has 1 aromatic heterocycles. The van der Waals surface area contributed by atoms with Gasteiger partial charge in [-0.15, -0.1) is 0 Å². The molecule has 1 aromatic carbocycles. The van der Waals surface area contributed by atoms with E-state index in [2.05, 4.69) is 15.3 Å². The summed E-state index contributed by atoms with van der Waals surface area (Å²) in [6, 6.07) is 4.59. The van der Waals surface area contributed by atoms with Crippen molar-refractivity contribution in [2.75, 3.05) is 0 Å². The topological polar surface area (TPSA) is 95.3 Å². The van der Waals surface area contributed by atoms with Crippen molar-refractivity contribution < 1.29 is 15.0 Å². The number of aromatic hydroxyl groups is 2. The Morgan fingerprint density at radius 3 is 2.33 bits per heavy atom. The number of hydrogen-bond donors (Lipinski definition) is 3. The predicted molar refractivity (Wildman–Crippen MR) is 90.7 cm³/mol. The van der Waals surface area contributed by atoms with Crippen LogP contribution in [-0.2, 0) is 17.8 Å². The van der Waals surface area contributed by atoms with Crippen LogP contribution in [0.4, 0.5) is 0 Å². The highest BCUT2D eigenvalue weighted by Gasteiger charge is 2.15. The van der Waals surface area contributed by atoms with Crippen LogP contribution in [0.3, 0.4) is 0 Å². The summed E-state index contributed by atoms with van der Waals surface area (Å²) >= 11 is 0. The molecule has 3 N–H and O–H groups in total. The van der Waals surface area contributed by atoms with Gasteiger partial charge >= 0.3 is 0 Å². The number of carbonyl (C=O) groups is 1. The van der Waals surface area contributed by atoms with Gasteiger partial charge in [-0.3, -0.25) is 4.79 Å². The number of aryl methyl sites for hydroxylation is 3. The highest BCUT2D eigenvalue weighted by atomic mass is 16.3. The Morgan fingerprint density at radius 1 is 1.12 bits per heavy atom. The molecule has 2 rings (SSSR count). The van der Waals surface area contributed by atoms with E-state index in [0.29, 0.717) is 13.0 Å². The molecule has 0 aliphatic rings. The third kappa shape index (κ3) is 4.22. The summed E-state index contributed by atoms with van der Waals surface area (Å²) in [6.45, 7) is 7.88. The van der Waals surface area contributed by atoms with Gasteiger partial charge in [0.25, 0.3) is 0 Å². The van der Waals surface area contributed by atoms with Crippen molar-refractivity contribution in [2.24, 2.45) is 5.92 Å². The van der Waals surface area contributed by atoms with E-state index in [-0.39, 0.29) is 23.3 Å². The van der Waals surface area contributed by atoms with E-state index in [1.807, 2.05) is 27.7 Å². The number of nitrogens with zero attached hydrogens (tertiary/aromatic N) is 2. The van der Waals surface area contributed by atoms with Crippen LogP contribution >= 0.6 is 0 Å². The molecular weight excluding hydrogens is 306 g/mol. The highest BCUT2D eigenvalue weighted by molar-refractivity contribution is 5.78. The van der Waals surface area contributed by atoms with Crippen LogP contribution < -0.4 is 5.32 Å². The van der Waals surface area contributed by atoms with Crippen molar-refractivity contribution in [3.8, 4) is 11.5 Å². The fraction of sp³-hybridized carbons (Fsp3) is 0.389. The third-order valence-electron chi connectivity index (χ3n) is 4.00.